The normalized spacial score (nSPS) is 10.7. The van der Waals surface area contributed by atoms with Crippen LogP contribution in [0.25, 0.3) is 0 Å². The lowest BCUT2D eigenvalue weighted by molar-refractivity contribution is 0.0697. The number of methoxy groups -OCH3 is 1. The van der Waals surface area contributed by atoms with Crippen LogP contribution in [0.3, 0.4) is 0 Å². The third kappa shape index (κ3) is 3.45. The Kier molecular flexibility index (Phi) is 4.53. The van der Waals surface area contributed by atoms with E-state index in [0.29, 0.717) is 11.4 Å². The smallest absolute Gasteiger partial charge is 0.335 e. The van der Waals surface area contributed by atoms with Crippen LogP contribution in [0, 0.1) is 0 Å². The van der Waals surface area contributed by atoms with Gasteiger partial charge in [-0.1, -0.05) is 22.0 Å². The van der Waals surface area contributed by atoms with Crippen LogP contribution in [-0.2, 0) is 0 Å². The van der Waals surface area contributed by atoms with Crippen molar-refractivity contribution in [1.82, 2.24) is 0 Å². The number of carboxylic acid groups (broad SMARTS) is 1. The third-order valence-electron chi connectivity index (χ3n) is 2.64. The zero-order valence-electron chi connectivity index (χ0n) is 10.7. The molecular weight excluding hydrogens is 322 g/mol. The highest BCUT2D eigenvalue weighted by atomic mass is 79.9. The van der Waals surface area contributed by atoms with E-state index in [4.69, 9.17) is 9.84 Å². The number of aromatic carboxylic acids is 1. The summed E-state index contributed by atoms with van der Waals surface area (Å²) in [6, 6.07) is 12.0. The maximum atomic E-state index is 10.9. The maximum Gasteiger partial charge on any atom is 0.335 e. The zero-order valence-corrected chi connectivity index (χ0v) is 12.3. The molecule has 0 aromatic heterocycles. The largest absolute Gasteiger partial charge is 0.496 e. The van der Waals surface area contributed by atoms with Crippen LogP contribution in [0.5, 0.6) is 5.75 Å². The standard InChI is InChI=1S/C15H12BrNO3/c1-20-14-6-5-12(16)7-11(14)9-17-13-4-2-3-10(8-13)15(18)19/h2-9H,1H3,(H,18,19). The first-order valence-corrected chi connectivity index (χ1v) is 6.60. The van der Waals surface area contributed by atoms with E-state index in [1.807, 2.05) is 18.2 Å². The molecule has 0 aliphatic carbocycles. The number of carbonyl (C=O) groups is 1. The molecular formula is C15H12BrNO3. The molecule has 0 aliphatic rings. The van der Waals surface area contributed by atoms with E-state index in [2.05, 4.69) is 20.9 Å². The summed E-state index contributed by atoms with van der Waals surface area (Å²) in [6.45, 7) is 0. The zero-order chi connectivity index (χ0) is 14.5. The number of hydrogen-bond donors (Lipinski definition) is 1. The fourth-order valence-electron chi connectivity index (χ4n) is 1.67. The summed E-state index contributed by atoms with van der Waals surface area (Å²) in [5.41, 5.74) is 1.59. The van der Waals surface area contributed by atoms with Crippen LogP contribution in [-0.4, -0.2) is 24.4 Å². The van der Waals surface area contributed by atoms with Crippen molar-refractivity contribution in [3.63, 3.8) is 0 Å². The minimum Gasteiger partial charge on any atom is -0.496 e. The number of aliphatic imine (C=N–C) groups is 1. The predicted molar refractivity (Wildman–Crippen MR) is 81.3 cm³/mol. The Morgan fingerprint density at radius 1 is 1.30 bits per heavy atom. The van der Waals surface area contributed by atoms with Gasteiger partial charge in [0.05, 0.1) is 18.4 Å². The molecule has 102 valence electrons. The van der Waals surface area contributed by atoms with Crippen molar-refractivity contribution in [3.05, 3.63) is 58.1 Å². The average molecular weight is 334 g/mol. The molecule has 20 heavy (non-hydrogen) atoms. The summed E-state index contributed by atoms with van der Waals surface area (Å²) >= 11 is 3.39. The number of ether oxygens (including phenoxy) is 1. The van der Waals surface area contributed by atoms with Gasteiger partial charge in [0, 0.05) is 16.3 Å². The number of nitrogens with zero attached hydrogens (tertiary/aromatic N) is 1. The summed E-state index contributed by atoms with van der Waals surface area (Å²) in [5, 5.41) is 8.94. The second-order valence-corrected chi connectivity index (χ2v) is 4.92. The van der Waals surface area contributed by atoms with E-state index < -0.39 is 5.97 Å². The monoisotopic (exact) mass is 333 g/mol. The molecule has 0 aliphatic heterocycles. The minimum absolute atomic E-state index is 0.209. The Bertz CT molecular complexity index is 668. The highest BCUT2D eigenvalue weighted by molar-refractivity contribution is 9.10. The van der Waals surface area contributed by atoms with Gasteiger partial charge >= 0.3 is 5.97 Å². The Morgan fingerprint density at radius 2 is 2.10 bits per heavy atom. The van der Waals surface area contributed by atoms with Gasteiger partial charge in [0.1, 0.15) is 5.75 Å². The van der Waals surface area contributed by atoms with E-state index >= 15 is 0 Å². The van der Waals surface area contributed by atoms with Gasteiger partial charge in [-0.3, -0.25) is 4.99 Å². The van der Waals surface area contributed by atoms with Crippen molar-refractivity contribution in [3.8, 4) is 5.75 Å². The van der Waals surface area contributed by atoms with Crippen LogP contribution in [0.4, 0.5) is 5.69 Å². The van der Waals surface area contributed by atoms with E-state index in [9.17, 15) is 4.79 Å². The van der Waals surface area contributed by atoms with E-state index in [1.54, 1.807) is 25.5 Å². The van der Waals surface area contributed by atoms with Gasteiger partial charge in [-0.15, -0.1) is 0 Å². The number of carboxylic acids is 1. The molecule has 0 unspecified atom stereocenters. The van der Waals surface area contributed by atoms with Gasteiger partial charge in [-0.05, 0) is 36.4 Å². The molecule has 0 saturated carbocycles. The fourth-order valence-corrected chi connectivity index (χ4v) is 2.05. The lowest BCUT2D eigenvalue weighted by atomic mass is 10.2. The van der Waals surface area contributed by atoms with Gasteiger partial charge < -0.3 is 9.84 Å². The number of hydrogen-bond acceptors (Lipinski definition) is 3. The van der Waals surface area contributed by atoms with Crippen molar-refractivity contribution < 1.29 is 14.6 Å². The first kappa shape index (κ1) is 14.3. The summed E-state index contributed by atoms with van der Waals surface area (Å²) < 4.78 is 6.16. The average Bonchev–Trinajstić information content (AvgIpc) is 2.45. The molecule has 2 rings (SSSR count). The Balaban J connectivity index is 2.31. The van der Waals surface area contributed by atoms with Crippen molar-refractivity contribution in [2.45, 2.75) is 0 Å². The predicted octanol–water partition coefficient (Wildman–Crippen LogP) is 3.91. The van der Waals surface area contributed by atoms with Crippen LogP contribution in [0.2, 0.25) is 0 Å². The van der Waals surface area contributed by atoms with Crippen LogP contribution >= 0.6 is 15.9 Å². The maximum absolute atomic E-state index is 10.9. The quantitative estimate of drug-likeness (QED) is 0.863. The van der Waals surface area contributed by atoms with Crippen molar-refractivity contribution in [2.24, 2.45) is 4.99 Å². The summed E-state index contributed by atoms with van der Waals surface area (Å²) in [5.74, 6) is -0.270. The molecule has 2 aromatic carbocycles. The van der Waals surface area contributed by atoms with E-state index in [-0.39, 0.29) is 5.56 Å². The molecule has 2 aromatic rings. The van der Waals surface area contributed by atoms with Gasteiger partial charge in [-0.2, -0.15) is 0 Å². The highest BCUT2D eigenvalue weighted by Crippen LogP contribution is 2.22. The third-order valence-corrected chi connectivity index (χ3v) is 3.13. The summed E-state index contributed by atoms with van der Waals surface area (Å²) in [4.78, 5) is 15.2. The summed E-state index contributed by atoms with van der Waals surface area (Å²) in [7, 11) is 1.59. The second kappa shape index (κ2) is 6.34. The van der Waals surface area contributed by atoms with Crippen molar-refractivity contribution in [1.29, 1.82) is 0 Å². The topological polar surface area (TPSA) is 58.9 Å². The molecule has 0 bridgehead atoms. The van der Waals surface area contributed by atoms with E-state index in [0.717, 1.165) is 10.0 Å². The number of halogens is 1. The van der Waals surface area contributed by atoms with Crippen molar-refractivity contribution in [2.75, 3.05) is 7.11 Å². The van der Waals surface area contributed by atoms with Gasteiger partial charge in [0.15, 0.2) is 0 Å². The summed E-state index contributed by atoms with van der Waals surface area (Å²) in [6.07, 6.45) is 1.64. The van der Waals surface area contributed by atoms with E-state index in [1.165, 1.54) is 12.1 Å². The molecule has 0 atom stereocenters. The molecule has 5 heteroatoms. The van der Waals surface area contributed by atoms with Gasteiger partial charge in [0.2, 0.25) is 0 Å². The first-order chi connectivity index (χ1) is 9.60. The molecule has 4 nitrogen and oxygen atoms in total. The Morgan fingerprint density at radius 3 is 2.80 bits per heavy atom. The number of rotatable bonds is 4. The molecule has 0 amide bonds. The number of benzene rings is 2. The SMILES string of the molecule is COc1ccc(Br)cc1C=Nc1cccc(C(=O)O)c1. The van der Waals surface area contributed by atoms with Gasteiger partial charge in [0.25, 0.3) is 0 Å². The lowest BCUT2D eigenvalue weighted by Crippen LogP contribution is -1.94. The minimum atomic E-state index is -0.970. The second-order valence-electron chi connectivity index (χ2n) is 4.00. The molecule has 0 radical (unpaired) electrons. The lowest BCUT2D eigenvalue weighted by Gasteiger charge is -2.04. The highest BCUT2D eigenvalue weighted by Gasteiger charge is 2.03. The van der Waals surface area contributed by atoms with Crippen LogP contribution < -0.4 is 4.74 Å². The first-order valence-electron chi connectivity index (χ1n) is 5.81. The molecule has 0 saturated heterocycles. The van der Waals surface area contributed by atoms with Crippen LogP contribution in [0.15, 0.2) is 51.9 Å². The fraction of sp³-hybridized carbons (Fsp3) is 0.0667. The Labute approximate surface area is 124 Å². The van der Waals surface area contributed by atoms with Gasteiger partial charge in [-0.25, -0.2) is 4.79 Å². The van der Waals surface area contributed by atoms with Crippen LogP contribution in [0.1, 0.15) is 15.9 Å². The molecule has 0 heterocycles. The molecule has 0 spiro atoms. The van der Waals surface area contributed by atoms with Crippen molar-refractivity contribution >= 4 is 33.8 Å². The molecule has 0 fully saturated rings. The molecule has 1 N–H and O–H groups in total. The Hall–Kier alpha value is -2.14.